The van der Waals surface area contributed by atoms with Gasteiger partial charge in [0.2, 0.25) is 6.79 Å². The van der Waals surface area contributed by atoms with E-state index in [1.54, 1.807) is 0 Å². The molecule has 148 valence electrons. The average Bonchev–Trinajstić information content (AvgIpc) is 3.33. The van der Waals surface area contributed by atoms with Gasteiger partial charge in [0.25, 0.3) is 0 Å². The van der Waals surface area contributed by atoms with Gasteiger partial charge in [-0.15, -0.1) is 12.4 Å². The molecule has 0 radical (unpaired) electrons. The minimum atomic E-state index is 0. The smallest absolute Gasteiger partial charge is 0.231 e. The summed E-state index contributed by atoms with van der Waals surface area (Å²) in [4.78, 5) is 0. The Morgan fingerprint density at radius 1 is 1.15 bits per heavy atom. The molecule has 1 aliphatic carbocycles. The molecule has 0 spiro atoms. The van der Waals surface area contributed by atoms with Gasteiger partial charge in [0.05, 0.1) is 18.0 Å². The van der Waals surface area contributed by atoms with E-state index in [0.29, 0.717) is 12.9 Å². The zero-order valence-corrected chi connectivity index (χ0v) is 16.4. The number of aromatic nitrogens is 2. The van der Waals surface area contributed by atoms with Crippen molar-refractivity contribution in [2.75, 3.05) is 19.9 Å². The maximum absolute atomic E-state index is 5.97. The van der Waals surface area contributed by atoms with Crippen molar-refractivity contribution < 1.29 is 14.2 Å². The zero-order chi connectivity index (χ0) is 17.6. The fourth-order valence-electron chi connectivity index (χ4n) is 3.65. The van der Waals surface area contributed by atoms with Crippen LogP contribution in [0.2, 0.25) is 0 Å². The van der Waals surface area contributed by atoms with Crippen molar-refractivity contribution in [2.24, 2.45) is 0 Å². The van der Waals surface area contributed by atoms with Crippen LogP contribution in [0, 0.1) is 0 Å². The number of rotatable bonds is 8. The van der Waals surface area contributed by atoms with E-state index in [0.717, 1.165) is 54.4 Å². The first-order valence-electron chi connectivity index (χ1n) is 9.65. The number of halogens is 1. The second kappa shape index (κ2) is 9.97. The van der Waals surface area contributed by atoms with Crippen LogP contribution in [0.3, 0.4) is 0 Å². The van der Waals surface area contributed by atoms with Gasteiger partial charge in [0.1, 0.15) is 0 Å². The Hall–Kier alpha value is -1.76. The van der Waals surface area contributed by atoms with Crippen molar-refractivity contribution in [3.63, 3.8) is 0 Å². The number of ether oxygens (including phenoxy) is 3. The van der Waals surface area contributed by atoms with Crippen LogP contribution in [0.1, 0.15) is 44.1 Å². The van der Waals surface area contributed by atoms with Crippen LogP contribution < -0.4 is 14.8 Å². The standard InChI is InChI=1S/C20H27N3O3.ClH/c1-2-5-17(6-3-1)24-10-4-9-21-12-16-13-22-23-20(16)15-7-8-18-19(11-15)26-14-25-18;/h7-8,11,13,17,21H,1-6,9-10,12,14H2,(H,22,23);1H. The van der Waals surface area contributed by atoms with Crippen LogP contribution in [-0.4, -0.2) is 36.2 Å². The summed E-state index contributed by atoms with van der Waals surface area (Å²) in [7, 11) is 0. The molecular weight excluding hydrogens is 366 g/mol. The van der Waals surface area contributed by atoms with Gasteiger partial charge < -0.3 is 19.5 Å². The first-order valence-corrected chi connectivity index (χ1v) is 9.65. The molecule has 1 saturated carbocycles. The molecule has 1 aliphatic heterocycles. The van der Waals surface area contributed by atoms with E-state index >= 15 is 0 Å². The van der Waals surface area contributed by atoms with Crippen LogP contribution in [0.25, 0.3) is 11.3 Å². The first kappa shape index (κ1) is 20.0. The average molecular weight is 394 g/mol. The molecule has 2 heterocycles. The maximum Gasteiger partial charge on any atom is 0.231 e. The lowest BCUT2D eigenvalue weighted by molar-refractivity contribution is 0.0273. The summed E-state index contributed by atoms with van der Waals surface area (Å²) in [6.07, 6.45) is 9.91. The van der Waals surface area contributed by atoms with Crippen molar-refractivity contribution in [3.8, 4) is 22.8 Å². The molecule has 0 bridgehead atoms. The topological polar surface area (TPSA) is 68.4 Å². The van der Waals surface area contributed by atoms with Crippen LogP contribution in [0.15, 0.2) is 24.4 Å². The van der Waals surface area contributed by atoms with Crippen LogP contribution in [0.5, 0.6) is 11.5 Å². The van der Waals surface area contributed by atoms with Gasteiger partial charge in [-0.2, -0.15) is 5.10 Å². The lowest BCUT2D eigenvalue weighted by Gasteiger charge is -2.21. The van der Waals surface area contributed by atoms with E-state index in [2.05, 4.69) is 15.5 Å². The fourth-order valence-corrected chi connectivity index (χ4v) is 3.65. The molecule has 1 aromatic carbocycles. The van der Waals surface area contributed by atoms with Crippen molar-refractivity contribution in [2.45, 2.75) is 51.2 Å². The Kier molecular flexibility index (Phi) is 7.38. The minimum absolute atomic E-state index is 0. The summed E-state index contributed by atoms with van der Waals surface area (Å²) < 4.78 is 16.8. The summed E-state index contributed by atoms with van der Waals surface area (Å²) >= 11 is 0. The molecule has 0 saturated heterocycles. The minimum Gasteiger partial charge on any atom is -0.454 e. The molecule has 2 N–H and O–H groups in total. The number of nitrogens with zero attached hydrogens (tertiary/aromatic N) is 1. The summed E-state index contributed by atoms with van der Waals surface area (Å²) in [5.74, 6) is 1.58. The second-order valence-electron chi connectivity index (χ2n) is 7.00. The van der Waals surface area contributed by atoms with Gasteiger partial charge in [-0.05, 0) is 44.0 Å². The van der Waals surface area contributed by atoms with E-state index < -0.39 is 0 Å². The Balaban J connectivity index is 0.00000210. The summed E-state index contributed by atoms with van der Waals surface area (Å²) in [6, 6.07) is 5.97. The van der Waals surface area contributed by atoms with Gasteiger partial charge in [0, 0.05) is 24.3 Å². The number of H-pyrrole nitrogens is 1. The highest BCUT2D eigenvalue weighted by molar-refractivity contribution is 5.85. The highest BCUT2D eigenvalue weighted by atomic mass is 35.5. The number of hydrogen-bond acceptors (Lipinski definition) is 5. The quantitative estimate of drug-likeness (QED) is 0.662. The van der Waals surface area contributed by atoms with Crippen LogP contribution in [0.4, 0.5) is 0 Å². The van der Waals surface area contributed by atoms with E-state index in [9.17, 15) is 0 Å². The SMILES string of the molecule is Cl.c1cc2c(cc1-c1[nH]ncc1CNCCCOC1CCCCC1)OCO2. The van der Waals surface area contributed by atoms with E-state index in [1.807, 2.05) is 24.4 Å². The third-order valence-electron chi connectivity index (χ3n) is 5.10. The van der Waals surface area contributed by atoms with Crippen molar-refractivity contribution >= 4 is 12.4 Å². The highest BCUT2D eigenvalue weighted by Gasteiger charge is 2.16. The predicted molar refractivity (Wildman–Crippen MR) is 107 cm³/mol. The monoisotopic (exact) mass is 393 g/mol. The first-order chi connectivity index (χ1) is 12.9. The van der Waals surface area contributed by atoms with Crippen molar-refractivity contribution in [1.82, 2.24) is 15.5 Å². The molecule has 0 unspecified atom stereocenters. The molecule has 1 fully saturated rings. The maximum atomic E-state index is 5.97. The number of nitrogens with one attached hydrogen (secondary N) is 2. The number of fused-ring (bicyclic) bond motifs is 1. The van der Waals surface area contributed by atoms with Crippen molar-refractivity contribution in [3.05, 3.63) is 30.0 Å². The fraction of sp³-hybridized carbons (Fsp3) is 0.550. The third-order valence-corrected chi connectivity index (χ3v) is 5.10. The third kappa shape index (κ3) is 5.15. The summed E-state index contributed by atoms with van der Waals surface area (Å²) in [5.41, 5.74) is 3.23. The highest BCUT2D eigenvalue weighted by Crippen LogP contribution is 2.36. The molecule has 0 atom stereocenters. The van der Waals surface area contributed by atoms with Crippen LogP contribution in [-0.2, 0) is 11.3 Å². The van der Waals surface area contributed by atoms with Crippen LogP contribution >= 0.6 is 12.4 Å². The summed E-state index contributed by atoms with van der Waals surface area (Å²) in [5, 5.41) is 10.8. The Morgan fingerprint density at radius 3 is 2.89 bits per heavy atom. The largest absolute Gasteiger partial charge is 0.454 e. The summed E-state index contributed by atoms with van der Waals surface area (Å²) in [6.45, 7) is 2.86. The van der Waals surface area contributed by atoms with E-state index in [-0.39, 0.29) is 12.4 Å². The number of benzene rings is 1. The molecule has 6 nitrogen and oxygen atoms in total. The lowest BCUT2D eigenvalue weighted by atomic mass is 9.98. The molecular formula is C20H28ClN3O3. The number of hydrogen-bond donors (Lipinski definition) is 2. The Labute approximate surface area is 166 Å². The van der Waals surface area contributed by atoms with E-state index in [1.165, 1.54) is 32.1 Å². The molecule has 2 aromatic rings. The molecule has 2 aliphatic rings. The zero-order valence-electron chi connectivity index (χ0n) is 15.5. The van der Waals surface area contributed by atoms with Gasteiger partial charge in [-0.3, -0.25) is 5.10 Å². The predicted octanol–water partition coefficient (Wildman–Crippen LogP) is 4.06. The van der Waals surface area contributed by atoms with E-state index in [4.69, 9.17) is 14.2 Å². The van der Waals surface area contributed by atoms with Gasteiger partial charge >= 0.3 is 0 Å². The molecule has 4 rings (SSSR count). The molecule has 27 heavy (non-hydrogen) atoms. The number of aromatic amines is 1. The van der Waals surface area contributed by atoms with Gasteiger partial charge in [-0.1, -0.05) is 19.3 Å². The van der Waals surface area contributed by atoms with Gasteiger partial charge in [-0.25, -0.2) is 0 Å². The Morgan fingerprint density at radius 2 is 2.00 bits per heavy atom. The molecule has 1 aromatic heterocycles. The molecule has 7 heteroatoms. The molecule has 0 amide bonds. The van der Waals surface area contributed by atoms with Gasteiger partial charge in [0.15, 0.2) is 11.5 Å². The second-order valence-corrected chi connectivity index (χ2v) is 7.00. The normalized spacial score (nSPS) is 16.3. The lowest BCUT2D eigenvalue weighted by Crippen LogP contribution is -2.20. The Bertz CT molecular complexity index is 716. The van der Waals surface area contributed by atoms with Crippen molar-refractivity contribution in [1.29, 1.82) is 0 Å².